The van der Waals surface area contributed by atoms with Crippen molar-refractivity contribution in [3.8, 4) is 11.5 Å². The molecule has 28 heavy (non-hydrogen) atoms. The zero-order chi connectivity index (χ0) is 19.2. The standard InChI is InChI=1S/C23H27NO3S/c25-23(9-5-4-8-18-6-2-1-3-7-18)24-13-12-22(28-15-14-24)19-10-11-20-21(16-19)27-17-26-20/h1-3,6-7,10-11,16,22H,4-5,8-9,12-15,17H2. The second-order valence-electron chi connectivity index (χ2n) is 7.33. The number of fused-ring (bicyclic) bond motifs is 1. The SMILES string of the molecule is O=C(CCCCc1ccccc1)N1CCSC(c2ccc3c(c2)OCO3)CC1. The van der Waals surface area contributed by atoms with E-state index in [-0.39, 0.29) is 0 Å². The number of benzene rings is 2. The van der Waals surface area contributed by atoms with Crippen molar-refractivity contribution < 1.29 is 14.3 Å². The van der Waals surface area contributed by atoms with Gasteiger partial charge in [-0.05, 0) is 48.9 Å². The normalized spacial score (nSPS) is 18.7. The van der Waals surface area contributed by atoms with Gasteiger partial charge < -0.3 is 14.4 Å². The zero-order valence-electron chi connectivity index (χ0n) is 16.1. The average Bonchev–Trinajstić information content (AvgIpc) is 3.06. The Labute approximate surface area is 171 Å². The van der Waals surface area contributed by atoms with Gasteiger partial charge in [0, 0.05) is 30.5 Å². The minimum Gasteiger partial charge on any atom is -0.454 e. The minimum atomic E-state index is 0.306. The van der Waals surface area contributed by atoms with Gasteiger partial charge in [0.15, 0.2) is 11.5 Å². The van der Waals surface area contributed by atoms with Gasteiger partial charge in [-0.15, -0.1) is 0 Å². The van der Waals surface area contributed by atoms with E-state index in [1.807, 2.05) is 23.9 Å². The van der Waals surface area contributed by atoms with Gasteiger partial charge in [0.1, 0.15) is 0 Å². The Balaban J connectivity index is 1.23. The first-order valence-corrected chi connectivity index (χ1v) is 11.2. The molecule has 2 heterocycles. The molecule has 1 atom stereocenters. The second-order valence-corrected chi connectivity index (χ2v) is 8.64. The molecule has 0 saturated carbocycles. The van der Waals surface area contributed by atoms with Gasteiger partial charge in [0.2, 0.25) is 12.7 Å². The molecule has 1 saturated heterocycles. The lowest BCUT2D eigenvalue weighted by Crippen LogP contribution is -2.32. The maximum Gasteiger partial charge on any atom is 0.231 e. The molecule has 0 radical (unpaired) electrons. The summed E-state index contributed by atoms with van der Waals surface area (Å²) in [6, 6.07) is 16.7. The van der Waals surface area contributed by atoms with E-state index in [0.29, 0.717) is 24.4 Å². The van der Waals surface area contributed by atoms with Crippen LogP contribution >= 0.6 is 11.8 Å². The molecule has 2 aromatic rings. The van der Waals surface area contributed by atoms with Crippen molar-refractivity contribution in [2.75, 3.05) is 25.6 Å². The van der Waals surface area contributed by atoms with Crippen molar-refractivity contribution in [2.24, 2.45) is 0 Å². The van der Waals surface area contributed by atoms with Crippen LogP contribution in [0, 0.1) is 0 Å². The third kappa shape index (κ3) is 4.82. The monoisotopic (exact) mass is 397 g/mol. The smallest absolute Gasteiger partial charge is 0.231 e. The summed E-state index contributed by atoms with van der Waals surface area (Å²) in [4.78, 5) is 14.7. The van der Waals surface area contributed by atoms with Crippen molar-refractivity contribution in [2.45, 2.75) is 37.4 Å². The molecule has 0 aromatic heterocycles. The molecule has 0 spiro atoms. The van der Waals surface area contributed by atoms with Crippen LogP contribution in [0.15, 0.2) is 48.5 Å². The zero-order valence-corrected chi connectivity index (χ0v) is 17.0. The average molecular weight is 398 g/mol. The molecule has 2 aliphatic rings. The Morgan fingerprint density at radius 3 is 2.79 bits per heavy atom. The Morgan fingerprint density at radius 1 is 1.04 bits per heavy atom. The maximum atomic E-state index is 12.6. The second kappa shape index (κ2) is 9.37. The molecule has 4 rings (SSSR count). The molecule has 0 bridgehead atoms. The summed E-state index contributed by atoms with van der Waals surface area (Å²) >= 11 is 1.94. The quantitative estimate of drug-likeness (QED) is 0.654. The van der Waals surface area contributed by atoms with Gasteiger partial charge in [-0.2, -0.15) is 11.8 Å². The van der Waals surface area contributed by atoms with E-state index in [4.69, 9.17) is 9.47 Å². The molecule has 0 N–H and O–H groups in total. The number of nitrogens with zero attached hydrogens (tertiary/aromatic N) is 1. The number of rotatable bonds is 6. The Hall–Kier alpha value is -2.14. The van der Waals surface area contributed by atoms with Crippen molar-refractivity contribution >= 4 is 17.7 Å². The van der Waals surface area contributed by atoms with E-state index < -0.39 is 0 Å². The summed E-state index contributed by atoms with van der Waals surface area (Å²) in [5.74, 6) is 2.96. The van der Waals surface area contributed by atoms with Crippen molar-refractivity contribution in [3.05, 3.63) is 59.7 Å². The first kappa shape index (κ1) is 19.2. The van der Waals surface area contributed by atoms with Gasteiger partial charge in [-0.3, -0.25) is 4.79 Å². The number of ether oxygens (including phenoxy) is 2. The van der Waals surface area contributed by atoms with E-state index in [0.717, 1.165) is 56.0 Å². The van der Waals surface area contributed by atoms with Crippen LogP contribution in [0.25, 0.3) is 0 Å². The van der Waals surface area contributed by atoms with Crippen molar-refractivity contribution in [1.29, 1.82) is 0 Å². The molecule has 1 unspecified atom stereocenters. The number of hydrogen-bond acceptors (Lipinski definition) is 4. The fourth-order valence-electron chi connectivity index (χ4n) is 3.81. The van der Waals surface area contributed by atoms with E-state index in [1.54, 1.807) is 0 Å². The highest BCUT2D eigenvalue weighted by molar-refractivity contribution is 7.99. The molecule has 5 heteroatoms. The third-order valence-electron chi connectivity index (χ3n) is 5.41. The highest BCUT2D eigenvalue weighted by Gasteiger charge is 2.23. The number of amides is 1. The molecular weight excluding hydrogens is 370 g/mol. The van der Waals surface area contributed by atoms with Gasteiger partial charge >= 0.3 is 0 Å². The summed E-state index contributed by atoms with van der Waals surface area (Å²) in [5, 5.41) is 0.408. The van der Waals surface area contributed by atoms with E-state index >= 15 is 0 Å². The summed E-state index contributed by atoms with van der Waals surface area (Å²) < 4.78 is 10.9. The van der Waals surface area contributed by atoms with Gasteiger partial charge in [0.25, 0.3) is 0 Å². The van der Waals surface area contributed by atoms with Gasteiger partial charge in [-0.1, -0.05) is 36.4 Å². The minimum absolute atomic E-state index is 0.306. The Morgan fingerprint density at radius 2 is 1.89 bits per heavy atom. The molecule has 0 aliphatic carbocycles. The fraction of sp³-hybridized carbons (Fsp3) is 0.435. The summed E-state index contributed by atoms with van der Waals surface area (Å²) in [6.07, 6.45) is 4.73. The topological polar surface area (TPSA) is 38.8 Å². The van der Waals surface area contributed by atoms with Crippen LogP contribution in [0.5, 0.6) is 11.5 Å². The van der Waals surface area contributed by atoms with Crippen LogP contribution in [0.4, 0.5) is 0 Å². The van der Waals surface area contributed by atoms with Crippen molar-refractivity contribution in [1.82, 2.24) is 4.90 Å². The summed E-state index contributed by atoms with van der Waals surface area (Å²) in [6.45, 7) is 2.00. The highest BCUT2D eigenvalue weighted by Crippen LogP contribution is 2.40. The molecular formula is C23H27NO3S. The Bertz CT molecular complexity index is 796. The van der Waals surface area contributed by atoms with Crippen LogP contribution < -0.4 is 9.47 Å². The van der Waals surface area contributed by atoms with Gasteiger partial charge in [0.05, 0.1) is 0 Å². The van der Waals surface area contributed by atoms with Gasteiger partial charge in [-0.25, -0.2) is 0 Å². The number of thioether (sulfide) groups is 1. The van der Waals surface area contributed by atoms with Crippen LogP contribution in [-0.4, -0.2) is 36.4 Å². The molecule has 4 nitrogen and oxygen atoms in total. The fourth-order valence-corrected chi connectivity index (χ4v) is 5.03. The first-order valence-electron chi connectivity index (χ1n) is 10.1. The molecule has 1 fully saturated rings. The Kier molecular flexibility index (Phi) is 6.42. The number of carbonyl (C=O) groups is 1. The lowest BCUT2D eigenvalue weighted by molar-refractivity contribution is -0.131. The van der Waals surface area contributed by atoms with Crippen LogP contribution in [0.2, 0.25) is 0 Å². The number of hydrogen-bond donors (Lipinski definition) is 0. The number of carbonyl (C=O) groups excluding carboxylic acids is 1. The number of aryl methyl sites for hydroxylation is 1. The highest BCUT2D eigenvalue weighted by atomic mass is 32.2. The lowest BCUT2D eigenvalue weighted by Gasteiger charge is -2.20. The molecule has 2 aliphatic heterocycles. The third-order valence-corrected chi connectivity index (χ3v) is 6.74. The first-order chi connectivity index (χ1) is 13.8. The van der Waals surface area contributed by atoms with Crippen LogP contribution in [0.1, 0.15) is 42.1 Å². The van der Waals surface area contributed by atoms with Crippen LogP contribution in [0.3, 0.4) is 0 Å². The summed E-state index contributed by atoms with van der Waals surface area (Å²) in [7, 11) is 0. The summed E-state index contributed by atoms with van der Waals surface area (Å²) in [5.41, 5.74) is 2.62. The van der Waals surface area contributed by atoms with Crippen molar-refractivity contribution in [3.63, 3.8) is 0 Å². The van der Waals surface area contributed by atoms with E-state index in [2.05, 4.69) is 41.3 Å². The van der Waals surface area contributed by atoms with Crippen LogP contribution in [-0.2, 0) is 11.2 Å². The molecule has 2 aromatic carbocycles. The van der Waals surface area contributed by atoms with E-state index in [9.17, 15) is 4.79 Å². The predicted octanol–water partition coefficient (Wildman–Crippen LogP) is 4.83. The largest absolute Gasteiger partial charge is 0.454 e. The van der Waals surface area contributed by atoms with E-state index in [1.165, 1.54) is 11.1 Å². The number of unbranched alkanes of at least 4 members (excludes halogenated alkanes) is 1. The predicted molar refractivity (Wildman–Crippen MR) is 113 cm³/mol. The maximum absolute atomic E-state index is 12.6. The molecule has 1 amide bonds. The lowest BCUT2D eigenvalue weighted by atomic mass is 10.1. The molecule has 148 valence electrons.